The summed E-state index contributed by atoms with van der Waals surface area (Å²) in [5.74, 6) is 0. The van der Waals surface area contributed by atoms with E-state index in [1.54, 1.807) is 0 Å². The Kier molecular flexibility index (Phi) is 3.20. The average molecular weight is 177 g/mol. The van der Waals surface area contributed by atoms with E-state index in [0.29, 0.717) is 6.42 Å². The lowest BCUT2D eigenvalue weighted by molar-refractivity contribution is -0.401. The summed E-state index contributed by atoms with van der Waals surface area (Å²) in [5, 5.41) is 10.3. The normalized spacial score (nSPS) is 11.3. The van der Waals surface area contributed by atoms with Crippen molar-refractivity contribution >= 4 is 5.57 Å². The van der Waals surface area contributed by atoms with Crippen LogP contribution in [-0.2, 0) is 0 Å². The minimum atomic E-state index is -0.411. The molecule has 0 bridgehead atoms. The van der Waals surface area contributed by atoms with E-state index in [0.717, 1.165) is 17.3 Å². The van der Waals surface area contributed by atoms with Crippen LogP contribution in [0.3, 0.4) is 0 Å². The Labute approximate surface area is 76.9 Å². The van der Waals surface area contributed by atoms with E-state index in [1.807, 2.05) is 37.3 Å². The van der Waals surface area contributed by atoms with Crippen LogP contribution in [0.25, 0.3) is 5.57 Å². The van der Waals surface area contributed by atoms with Crippen LogP contribution >= 0.6 is 0 Å². The zero-order chi connectivity index (χ0) is 9.68. The number of nitro groups is 1. The van der Waals surface area contributed by atoms with Crippen LogP contribution in [-0.4, -0.2) is 4.92 Å². The number of benzene rings is 1. The predicted molar refractivity (Wildman–Crippen MR) is 51.7 cm³/mol. The molecule has 1 aromatic rings. The van der Waals surface area contributed by atoms with Gasteiger partial charge in [0.2, 0.25) is 6.20 Å². The van der Waals surface area contributed by atoms with Crippen LogP contribution in [0.4, 0.5) is 0 Å². The summed E-state index contributed by atoms with van der Waals surface area (Å²) in [4.78, 5) is 9.86. The van der Waals surface area contributed by atoms with Gasteiger partial charge in [-0.3, -0.25) is 10.1 Å². The minimum Gasteiger partial charge on any atom is -0.259 e. The highest BCUT2D eigenvalue weighted by atomic mass is 16.6. The highest BCUT2D eigenvalue weighted by molar-refractivity contribution is 5.63. The Bertz CT molecular complexity index is 317. The third-order valence-electron chi connectivity index (χ3n) is 1.79. The first-order valence-electron chi connectivity index (χ1n) is 4.13. The number of rotatable bonds is 3. The van der Waals surface area contributed by atoms with E-state index >= 15 is 0 Å². The van der Waals surface area contributed by atoms with E-state index in [-0.39, 0.29) is 0 Å². The molecule has 0 aliphatic carbocycles. The standard InChI is InChI=1S/C10H11NO2/c1-2-9(8-11(12)13)10-6-4-3-5-7-10/h3-8H,2H2,1H3/b9-8+. The molecule has 3 heteroatoms. The Morgan fingerprint density at radius 2 is 2.08 bits per heavy atom. The molecule has 68 valence electrons. The van der Waals surface area contributed by atoms with Crippen molar-refractivity contribution < 1.29 is 4.92 Å². The molecular formula is C10H11NO2. The second-order valence-electron chi connectivity index (χ2n) is 2.66. The first-order chi connectivity index (χ1) is 6.24. The van der Waals surface area contributed by atoms with E-state index in [9.17, 15) is 10.1 Å². The SMILES string of the molecule is CC/C(=C\[N+](=O)[O-])c1ccccc1. The molecule has 0 amide bonds. The van der Waals surface area contributed by atoms with Gasteiger partial charge in [-0.2, -0.15) is 0 Å². The van der Waals surface area contributed by atoms with Gasteiger partial charge in [-0.15, -0.1) is 0 Å². The molecule has 3 nitrogen and oxygen atoms in total. The fraction of sp³-hybridized carbons (Fsp3) is 0.200. The fourth-order valence-corrected chi connectivity index (χ4v) is 1.15. The summed E-state index contributed by atoms with van der Waals surface area (Å²) in [5.41, 5.74) is 1.67. The molecule has 0 N–H and O–H groups in total. The van der Waals surface area contributed by atoms with Crippen LogP contribution in [0.1, 0.15) is 18.9 Å². The van der Waals surface area contributed by atoms with Gasteiger partial charge in [0, 0.05) is 5.57 Å². The largest absolute Gasteiger partial charge is 0.259 e. The zero-order valence-corrected chi connectivity index (χ0v) is 7.43. The fourth-order valence-electron chi connectivity index (χ4n) is 1.15. The van der Waals surface area contributed by atoms with Gasteiger partial charge >= 0.3 is 0 Å². The molecule has 0 unspecified atom stereocenters. The Balaban J connectivity index is 2.98. The molecule has 1 aromatic carbocycles. The molecule has 0 spiro atoms. The number of nitrogens with zero attached hydrogens (tertiary/aromatic N) is 1. The van der Waals surface area contributed by atoms with Crippen LogP contribution in [0.2, 0.25) is 0 Å². The summed E-state index contributed by atoms with van der Waals surface area (Å²) in [6.45, 7) is 1.91. The molecule has 0 atom stereocenters. The van der Waals surface area contributed by atoms with Crippen molar-refractivity contribution in [2.45, 2.75) is 13.3 Å². The molecule has 0 aliphatic heterocycles. The highest BCUT2D eigenvalue weighted by Crippen LogP contribution is 2.16. The number of hydrogen-bond acceptors (Lipinski definition) is 2. The minimum absolute atomic E-state index is 0.411. The maximum atomic E-state index is 10.3. The van der Waals surface area contributed by atoms with Crippen molar-refractivity contribution in [3.05, 3.63) is 52.2 Å². The van der Waals surface area contributed by atoms with Crippen LogP contribution in [0.15, 0.2) is 36.5 Å². The molecule has 1 rings (SSSR count). The summed E-state index contributed by atoms with van der Waals surface area (Å²) >= 11 is 0. The van der Waals surface area contributed by atoms with E-state index in [2.05, 4.69) is 0 Å². The predicted octanol–water partition coefficient (Wildman–Crippen LogP) is 2.71. The Morgan fingerprint density at radius 3 is 2.54 bits per heavy atom. The quantitative estimate of drug-likeness (QED) is 0.526. The molecule has 0 fully saturated rings. The lowest BCUT2D eigenvalue weighted by Crippen LogP contribution is -1.89. The highest BCUT2D eigenvalue weighted by Gasteiger charge is 2.02. The maximum absolute atomic E-state index is 10.3. The molecule has 0 saturated carbocycles. The molecule has 0 heterocycles. The van der Waals surface area contributed by atoms with E-state index < -0.39 is 4.92 Å². The molecule has 0 saturated heterocycles. The van der Waals surface area contributed by atoms with Gasteiger partial charge in [0.15, 0.2) is 0 Å². The molecule has 0 radical (unpaired) electrons. The van der Waals surface area contributed by atoms with Crippen LogP contribution in [0.5, 0.6) is 0 Å². The topological polar surface area (TPSA) is 43.1 Å². The molecule has 0 aliphatic rings. The third-order valence-corrected chi connectivity index (χ3v) is 1.79. The third kappa shape index (κ3) is 2.71. The smallest absolute Gasteiger partial charge is 0.238 e. The van der Waals surface area contributed by atoms with Gasteiger partial charge in [-0.05, 0) is 12.0 Å². The molecule has 13 heavy (non-hydrogen) atoms. The van der Waals surface area contributed by atoms with Gasteiger partial charge in [0.05, 0.1) is 4.92 Å². The van der Waals surface area contributed by atoms with Crippen molar-refractivity contribution in [1.82, 2.24) is 0 Å². The van der Waals surface area contributed by atoms with Gasteiger partial charge in [0.1, 0.15) is 0 Å². The second kappa shape index (κ2) is 4.40. The second-order valence-corrected chi connectivity index (χ2v) is 2.66. The molecule has 0 aromatic heterocycles. The van der Waals surface area contributed by atoms with Gasteiger partial charge < -0.3 is 0 Å². The van der Waals surface area contributed by atoms with Crippen molar-refractivity contribution in [1.29, 1.82) is 0 Å². The van der Waals surface area contributed by atoms with Crippen molar-refractivity contribution in [3.8, 4) is 0 Å². The monoisotopic (exact) mass is 177 g/mol. The summed E-state index contributed by atoms with van der Waals surface area (Å²) in [6, 6.07) is 9.39. The van der Waals surface area contributed by atoms with Gasteiger partial charge in [0.25, 0.3) is 0 Å². The van der Waals surface area contributed by atoms with Crippen LogP contribution < -0.4 is 0 Å². The number of allylic oxidation sites excluding steroid dienone is 1. The molecular weight excluding hydrogens is 166 g/mol. The average Bonchev–Trinajstić information content (AvgIpc) is 2.15. The zero-order valence-electron chi connectivity index (χ0n) is 7.43. The van der Waals surface area contributed by atoms with Crippen molar-refractivity contribution in [2.24, 2.45) is 0 Å². The van der Waals surface area contributed by atoms with Crippen molar-refractivity contribution in [3.63, 3.8) is 0 Å². The Hall–Kier alpha value is -1.64. The lowest BCUT2D eigenvalue weighted by atomic mass is 10.1. The first kappa shape index (κ1) is 9.45. The summed E-state index contributed by atoms with van der Waals surface area (Å²) in [6.07, 6.45) is 1.74. The van der Waals surface area contributed by atoms with E-state index in [1.165, 1.54) is 0 Å². The Morgan fingerprint density at radius 1 is 1.46 bits per heavy atom. The maximum Gasteiger partial charge on any atom is 0.238 e. The van der Waals surface area contributed by atoms with E-state index in [4.69, 9.17) is 0 Å². The lowest BCUT2D eigenvalue weighted by Gasteiger charge is -1.99. The summed E-state index contributed by atoms with van der Waals surface area (Å²) in [7, 11) is 0. The first-order valence-corrected chi connectivity index (χ1v) is 4.13. The summed E-state index contributed by atoms with van der Waals surface area (Å²) < 4.78 is 0. The van der Waals surface area contributed by atoms with Gasteiger partial charge in [-0.25, -0.2) is 0 Å². The number of hydrogen-bond donors (Lipinski definition) is 0. The van der Waals surface area contributed by atoms with Gasteiger partial charge in [-0.1, -0.05) is 37.3 Å². The van der Waals surface area contributed by atoms with Crippen molar-refractivity contribution in [2.75, 3.05) is 0 Å². The van der Waals surface area contributed by atoms with Crippen LogP contribution in [0, 0.1) is 10.1 Å².